The number of nitrogens with zero attached hydrogens (tertiary/aromatic N) is 1. The maximum absolute atomic E-state index is 12.4. The Labute approximate surface area is 141 Å². The number of amides is 1. The largest absolute Gasteiger partial charge is 0.341 e. The fraction of sp³-hybridized carbons (Fsp3) is 0.250. The number of thiophene rings is 1. The molecule has 0 radical (unpaired) electrons. The van der Waals surface area contributed by atoms with E-state index in [1.807, 2.05) is 36.4 Å². The standard InChI is InChI=1S/C16H16BrN3OS/c1-9(2)14(20-16(21)12-7-8-13(17)22-12)15-18-10-5-3-4-6-11(10)19-15/h3-9,14H,1-2H3,(H,18,19)(H,20,21). The smallest absolute Gasteiger partial charge is 0.261 e. The van der Waals surface area contributed by atoms with Crippen LogP contribution in [-0.4, -0.2) is 15.9 Å². The van der Waals surface area contributed by atoms with Gasteiger partial charge in [-0.15, -0.1) is 11.3 Å². The van der Waals surface area contributed by atoms with E-state index >= 15 is 0 Å². The molecule has 3 aromatic rings. The molecule has 0 bridgehead atoms. The predicted molar refractivity (Wildman–Crippen MR) is 93.2 cm³/mol. The Bertz CT molecular complexity index is 775. The zero-order valence-corrected chi connectivity index (χ0v) is 14.7. The van der Waals surface area contributed by atoms with Crippen molar-refractivity contribution in [3.63, 3.8) is 0 Å². The Morgan fingerprint density at radius 2 is 2.05 bits per heavy atom. The average Bonchev–Trinajstić information content (AvgIpc) is 3.09. The van der Waals surface area contributed by atoms with Crippen molar-refractivity contribution in [1.29, 1.82) is 0 Å². The molecule has 114 valence electrons. The van der Waals surface area contributed by atoms with Crippen molar-refractivity contribution in [2.75, 3.05) is 0 Å². The van der Waals surface area contributed by atoms with Crippen LogP contribution >= 0.6 is 27.3 Å². The van der Waals surface area contributed by atoms with Gasteiger partial charge in [0.1, 0.15) is 5.82 Å². The number of rotatable bonds is 4. The van der Waals surface area contributed by atoms with Crippen LogP contribution in [0.3, 0.4) is 0 Å². The fourth-order valence-electron chi connectivity index (χ4n) is 2.32. The number of para-hydroxylation sites is 2. The molecule has 0 saturated heterocycles. The lowest BCUT2D eigenvalue weighted by Gasteiger charge is -2.19. The number of hydrogen-bond acceptors (Lipinski definition) is 3. The molecule has 1 atom stereocenters. The molecule has 0 spiro atoms. The number of carbonyl (C=O) groups excluding carboxylic acids is 1. The maximum atomic E-state index is 12.4. The molecule has 2 aromatic heterocycles. The summed E-state index contributed by atoms with van der Waals surface area (Å²) in [4.78, 5) is 21.0. The summed E-state index contributed by atoms with van der Waals surface area (Å²) in [6.45, 7) is 4.14. The number of H-pyrrole nitrogens is 1. The predicted octanol–water partition coefficient (Wildman–Crippen LogP) is 4.51. The first-order chi connectivity index (χ1) is 10.5. The van der Waals surface area contributed by atoms with Gasteiger partial charge in [-0.1, -0.05) is 26.0 Å². The minimum atomic E-state index is -0.152. The van der Waals surface area contributed by atoms with Gasteiger partial charge in [-0.3, -0.25) is 4.79 Å². The molecule has 0 saturated carbocycles. The zero-order chi connectivity index (χ0) is 15.7. The number of carbonyl (C=O) groups is 1. The van der Waals surface area contributed by atoms with E-state index in [9.17, 15) is 4.79 Å². The van der Waals surface area contributed by atoms with Gasteiger partial charge in [-0.2, -0.15) is 0 Å². The van der Waals surface area contributed by atoms with Crippen molar-refractivity contribution in [3.05, 3.63) is 50.9 Å². The second-order valence-corrected chi connectivity index (χ2v) is 7.90. The fourth-order valence-corrected chi connectivity index (χ4v) is 3.61. The SMILES string of the molecule is CC(C)C(NC(=O)c1ccc(Br)s1)c1nc2ccccc2[nH]1. The van der Waals surface area contributed by atoms with E-state index in [1.54, 1.807) is 0 Å². The molecule has 0 fully saturated rings. The van der Waals surface area contributed by atoms with E-state index in [1.165, 1.54) is 11.3 Å². The average molecular weight is 378 g/mol. The molecular formula is C16H16BrN3OS. The minimum Gasteiger partial charge on any atom is -0.341 e. The van der Waals surface area contributed by atoms with Gasteiger partial charge in [0.15, 0.2) is 0 Å². The number of fused-ring (bicyclic) bond motifs is 1. The molecule has 0 aliphatic rings. The first kappa shape index (κ1) is 15.2. The molecule has 4 nitrogen and oxygen atoms in total. The molecule has 0 aliphatic carbocycles. The summed E-state index contributed by atoms with van der Waals surface area (Å²) in [5.74, 6) is 0.947. The molecule has 1 unspecified atom stereocenters. The molecule has 1 amide bonds. The van der Waals surface area contributed by atoms with E-state index < -0.39 is 0 Å². The first-order valence-corrected chi connectivity index (χ1v) is 8.66. The van der Waals surface area contributed by atoms with Crippen molar-refractivity contribution in [2.45, 2.75) is 19.9 Å². The van der Waals surface area contributed by atoms with Gasteiger partial charge >= 0.3 is 0 Å². The van der Waals surface area contributed by atoms with Crippen LogP contribution in [0.4, 0.5) is 0 Å². The van der Waals surface area contributed by atoms with Crippen LogP contribution in [0, 0.1) is 5.92 Å². The van der Waals surface area contributed by atoms with Crippen LogP contribution in [0.15, 0.2) is 40.2 Å². The summed E-state index contributed by atoms with van der Waals surface area (Å²) >= 11 is 4.81. The number of benzene rings is 1. The van der Waals surface area contributed by atoms with Gasteiger partial charge in [0.2, 0.25) is 0 Å². The molecule has 6 heteroatoms. The highest BCUT2D eigenvalue weighted by molar-refractivity contribution is 9.11. The summed E-state index contributed by atoms with van der Waals surface area (Å²) in [5.41, 5.74) is 1.90. The number of halogens is 1. The highest BCUT2D eigenvalue weighted by Crippen LogP contribution is 2.25. The first-order valence-electron chi connectivity index (χ1n) is 7.05. The van der Waals surface area contributed by atoms with Gasteiger partial charge in [-0.05, 0) is 46.1 Å². The van der Waals surface area contributed by atoms with Gasteiger partial charge in [-0.25, -0.2) is 4.98 Å². The molecular weight excluding hydrogens is 362 g/mol. The quantitative estimate of drug-likeness (QED) is 0.702. The van der Waals surface area contributed by atoms with Crippen LogP contribution in [0.5, 0.6) is 0 Å². The third-order valence-electron chi connectivity index (χ3n) is 3.45. The Hall–Kier alpha value is -1.66. The summed E-state index contributed by atoms with van der Waals surface area (Å²) < 4.78 is 0.947. The highest BCUT2D eigenvalue weighted by Gasteiger charge is 2.23. The van der Waals surface area contributed by atoms with Gasteiger partial charge in [0.25, 0.3) is 5.91 Å². The number of aromatic nitrogens is 2. The van der Waals surface area contributed by atoms with Crippen molar-refractivity contribution < 1.29 is 4.79 Å². The van der Waals surface area contributed by atoms with E-state index in [0.29, 0.717) is 4.88 Å². The zero-order valence-electron chi connectivity index (χ0n) is 12.3. The normalized spacial score (nSPS) is 12.7. The van der Waals surface area contributed by atoms with E-state index in [0.717, 1.165) is 20.6 Å². The lowest BCUT2D eigenvalue weighted by Crippen LogP contribution is -2.32. The van der Waals surface area contributed by atoms with Crippen molar-refractivity contribution in [1.82, 2.24) is 15.3 Å². The second kappa shape index (κ2) is 6.22. The Morgan fingerprint density at radius 3 is 2.68 bits per heavy atom. The van der Waals surface area contributed by atoms with Gasteiger partial charge in [0.05, 0.1) is 25.7 Å². The third kappa shape index (κ3) is 3.08. The Morgan fingerprint density at radius 1 is 1.27 bits per heavy atom. The van der Waals surface area contributed by atoms with E-state index in [4.69, 9.17) is 0 Å². The topological polar surface area (TPSA) is 57.8 Å². The van der Waals surface area contributed by atoms with E-state index in [2.05, 4.69) is 45.1 Å². The Balaban J connectivity index is 1.88. The lowest BCUT2D eigenvalue weighted by molar-refractivity contribution is 0.0927. The van der Waals surface area contributed by atoms with Crippen LogP contribution < -0.4 is 5.32 Å². The molecule has 22 heavy (non-hydrogen) atoms. The second-order valence-electron chi connectivity index (χ2n) is 5.44. The van der Waals surface area contributed by atoms with Gasteiger partial charge in [0, 0.05) is 0 Å². The van der Waals surface area contributed by atoms with Crippen molar-refractivity contribution in [3.8, 4) is 0 Å². The van der Waals surface area contributed by atoms with Crippen LogP contribution in [0.25, 0.3) is 11.0 Å². The van der Waals surface area contributed by atoms with Crippen LogP contribution in [0.2, 0.25) is 0 Å². The summed E-state index contributed by atoms with van der Waals surface area (Å²) in [7, 11) is 0. The van der Waals surface area contributed by atoms with Crippen LogP contribution in [-0.2, 0) is 0 Å². The molecule has 1 aromatic carbocycles. The lowest BCUT2D eigenvalue weighted by atomic mass is 10.0. The number of hydrogen-bond donors (Lipinski definition) is 2. The molecule has 0 aliphatic heterocycles. The monoisotopic (exact) mass is 377 g/mol. The minimum absolute atomic E-state index is 0.0742. The summed E-state index contributed by atoms with van der Waals surface area (Å²) in [6, 6.07) is 11.4. The van der Waals surface area contributed by atoms with Crippen molar-refractivity contribution in [2.24, 2.45) is 5.92 Å². The van der Waals surface area contributed by atoms with Gasteiger partial charge < -0.3 is 10.3 Å². The highest BCUT2D eigenvalue weighted by atomic mass is 79.9. The van der Waals surface area contributed by atoms with Crippen LogP contribution in [0.1, 0.15) is 35.4 Å². The van der Waals surface area contributed by atoms with Crippen molar-refractivity contribution >= 4 is 44.2 Å². The molecule has 3 rings (SSSR count). The van der Waals surface area contributed by atoms with E-state index in [-0.39, 0.29) is 17.9 Å². The number of imidazole rings is 1. The Kier molecular flexibility index (Phi) is 4.31. The number of nitrogens with one attached hydrogen (secondary N) is 2. The third-order valence-corrected chi connectivity index (χ3v) is 5.07. The number of aromatic amines is 1. The molecule has 2 N–H and O–H groups in total. The summed E-state index contributed by atoms with van der Waals surface area (Å²) in [5, 5.41) is 3.08. The molecule has 2 heterocycles. The maximum Gasteiger partial charge on any atom is 0.261 e. The summed E-state index contributed by atoms with van der Waals surface area (Å²) in [6.07, 6.45) is 0.